The zero-order valence-corrected chi connectivity index (χ0v) is 17.4. The third-order valence-corrected chi connectivity index (χ3v) is 5.98. The van der Waals surface area contributed by atoms with Gasteiger partial charge in [0.15, 0.2) is 5.60 Å². The van der Waals surface area contributed by atoms with Crippen molar-refractivity contribution in [1.82, 2.24) is 9.88 Å². The van der Waals surface area contributed by atoms with Gasteiger partial charge in [-0.25, -0.2) is 9.18 Å². The maximum atomic E-state index is 13.5. The number of para-hydroxylation sites is 1. The van der Waals surface area contributed by atoms with Gasteiger partial charge in [-0.1, -0.05) is 30.3 Å². The van der Waals surface area contributed by atoms with Gasteiger partial charge in [0.05, 0.1) is 13.1 Å². The molecule has 0 N–H and O–H groups in total. The number of hydrogen-bond donors (Lipinski definition) is 0. The fourth-order valence-electron chi connectivity index (χ4n) is 4.41. The highest BCUT2D eigenvalue weighted by Crippen LogP contribution is 2.35. The molecule has 0 radical (unpaired) electrons. The minimum absolute atomic E-state index is 0.126. The summed E-state index contributed by atoms with van der Waals surface area (Å²) in [6, 6.07) is 19.2. The van der Waals surface area contributed by atoms with Crippen molar-refractivity contribution in [1.29, 1.82) is 0 Å². The number of aromatic nitrogens is 1. The number of likely N-dealkylation sites (tertiary alicyclic amines) is 1. The van der Waals surface area contributed by atoms with Crippen molar-refractivity contribution in [2.75, 3.05) is 24.5 Å². The molecular formula is C25H22FN3O3. The molecule has 0 aliphatic carbocycles. The summed E-state index contributed by atoms with van der Waals surface area (Å²) < 4.78 is 19.2. The summed E-state index contributed by atoms with van der Waals surface area (Å²) in [5, 5.41) is 0. The Kier molecular flexibility index (Phi) is 5.09. The van der Waals surface area contributed by atoms with Crippen LogP contribution < -0.4 is 4.90 Å². The second-order valence-electron chi connectivity index (χ2n) is 8.29. The van der Waals surface area contributed by atoms with E-state index in [9.17, 15) is 14.0 Å². The van der Waals surface area contributed by atoms with Crippen LogP contribution in [0.1, 0.15) is 28.0 Å². The molecule has 5 rings (SSSR count). The smallest absolute Gasteiger partial charge is 0.415 e. The zero-order valence-electron chi connectivity index (χ0n) is 17.4. The molecule has 162 valence electrons. The molecule has 32 heavy (non-hydrogen) atoms. The van der Waals surface area contributed by atoms with Gasteiger partial charge >= 0.3 is 6.09 Å². The van der Waals surface area contributed by atoms with E-state index in [0.717, 1.165) is 11.3 Å². The number of rotatable bonds is 4. The van der Waals surface area contributed by atoms with Crippen molar-refractivity contribution in [3.8, 4) is 0 Å². The summed E-state index contributed by atoms with van der Waals surface area (Å²) in [5.41, 5.74) is 2.10. The number of pyridine rings is 1. The van der Waals surface area contributed by atoms with E-state index >= 15 is 0 Å². The van der Waals surface area contributed by atoms with Crippen LogP contribution in [0.2, 0.25) is 0 Å². The van der Waals surface area contributed by atoms with Crippen LogP contribution in [-0.4, -0.2) is 47.1 Å². The maximum Gasteiger partial charge on any atom is 0.415 e. The molecule has 1 spiro atoms. The minimum Gasteiger partial charge on any atom is -0.439 e. The first-order chi connectivity index (χ1) is 15.5. The van der Waals surface area contributed by atoms with Gasteiger partial charge in [-0.2, -0.15) is 0 Å². The lowest BCUT2D eigenvalue weighted by molar-refractivity contribution is 0.0553. The highest BCUT2D eigenvalue weighted by molar-refractivity contribution is 5.95. The first kappa shape index (κ1) is 20.2. The molecule has 7 heteroatoms. The van der Waals surface area contributed by atoms with Crippen molar-refractivity contribution < 1.29 is 18.7 Å². The van der Waals surface area contributed by atoms with Crippen LogP contribution in [0, 0.1) is 5.82 Å². The lowest BCUT2D eigenvalue weighted by atomic mass is 10.0. The number of anilines is 1. The number of hydrogen-bond acceptors (Lipinski definition) is 4. The molecule has 2 fully saturated rings. The summed E-state index contributed by atoms with van der Waals surface area (Å²) in [5.74, 6) is -0.424. The number of nitrogens with zero attached hydrogens (tertiary/aromatic N) is 3. The number of carbonyl (C=O) groups is 2. The quantitative estimate of drug-likeness (QED) is 0.625. The third-order valence-electron chi connectivity index (χ3n) is 5.98. The van der Waals surface area contributed by atoms with E-state index in [1.165, 1.54) is 12.1 Å². The minimum atomic E-state index is -0.694. The first-order valence-corrected chi connectivity index (χ1v) is 10.6. The standard InChI is InChI=1S/C25H22FN3O3/c26-20-6-4-5-18(13-20)14-21-15-19(9-11-27-21)23(30)28-12-10-25(16-28)17-29(24(31)32-25)22-7-2-1-3-8-22/h1-9,11,13,15H,10,12,14,16-17H2/t25-/m0/s1. The number of amides is 2. The summed E-state index contributed by atoms with van der Waals surface area (Å²) in [6.07, 6.45) is 2.24. The van der Waals surface area contributed by atoms with Crippen LogP contribution in [0.5, 0.6) is 0 Å². The Hall–Kier alpha value is -3.74. The number of benzene rings is 2. The van der Waals surface area contributed by atoms with Crippen LogP contribution >= 0.6 is 0 Å². The molecule has 1 aromatic heterocycles. The van der Waals surface area contributed by atoms with E-state index in [0.29, 0.717) is 43.7 Å². The van der Waals surface area contributed by atoms with Crippen LogP contribution in [0.15, 0.2) is 72.9 Å². The molecule has 0 unspecified atom stereocenters. The van der Waals surface area contributed by atoms with Crippen molar-refractivity contribution in [2.45, 2.75) is 18.4 Å². The highest BCUT2D eigenvalue weighted by Gasteiger charge is 2.51. The van der Waals surface area contributed by atoms with Crippen molar-refractivity contribution in [2.24, 2.45) is 0 Å². The largest absolute Gasteiger partial charge is 0.439 e. The van der Waals surface area contributed by atoms with E-state index in [-0.39, 0.29) is 17.8 Å². The molecule has 3 heterocycles. The Morgan fingerprint density at radius 2 is 1.91 bits per heavy atom. The van der Waals surface area contributed by atoms with Gasteiger partial charge in [0.1, 0.15) is 5.82 Å². The molecule has 2 aromatic carbocycles. The van der Waals surface area contributed by atoms with Gasteiger partial charge in [0, 0.05) is 42.5 Å². The fraction of sp³-hybridized carbons (Fsp3) is 0.240. The van der Waals surface area contributed by atoms with Gasteiger partial charge < -0.3 is 9.64 Å². The molecule has 3 aromatic rings. The molecule has 6 nitrogen and oxygen atoms in total. The predicted octanol–water partition coefficient (Wildman–Crippen LogP) is 4.05. The second kappa shape index (κ2) is 8.07. The molecule has 0 bridgehead atoms. The lowest BCUT2D eigenvalue weighted by Gasteiger charge is -2.22. The summed E-state index contributed by atoms with van der Waals surface area (Å²) >= 11 is 0. The monoisotopic (exact) mass is 431 g/mol. The topological polar surface area (TPSA) is 62.7 Å². The molecule has 1 atom stereocenters. The average Bonchev–Trinajstić information content (AvgIpc) is 3.36. The summed E-state index contributed by atoms with van der Waals surface area (Å²) in [6.45, 7) is 1.28. The normalized spacial score (nSPS) is 20.1. The molecule has 2 aliphatic rings. The van der Waals surface area contributed by atoms with Crippen LogP contribution in [-0.2, 0) is 11.2 Å². The van der Waals surface area contributed by atoms with Gasteiger partial charge in [0.25, 0.3) is 5.91 Å². The number of carbonyl (C=O) groups excluding carboxylic acids is 2. The molecular weight excluding hydrogens is 409 g/mol. The molecule has 2 aliphatic heterocycles. The Balaban J connectivity index is 1.29. The average molecular weight is 431 g/mol. The fourth-order valence-corrected chi connectivity index (χ4v) is 4.41. The third kappa shape index (κ3) is 3.93. The van der Waals surface area contributed by atoms with E-state index in [1.807, 2.05) is 36.4 Å². The van der Waals surface area contributed by atoms with Crippen molar-refractivity contribution in [3.63, 3.8) is 0 Å². The van der Waals surface area contributed by atoms with E-state index in [1.54, 1.807) is 34.2 Å². The SMILES string of the molecule is O=C(c1ccnc(Cc2cccc(F)c2)c1)N1CC[C@]2(C1)CN(c1ccccc1)C(=O)O2. The first-order valence-electron chi connectivity index (χ1n) is 10.6. The number of ether oxygens (including phenoxy) is 1. The van der Waals surface area contributed by atoms with Crippen LogP contribution in [0.25, 0.3) is 0 Å². The van der Waals surface area contributed by atoms with Gasteiger partial charge in [-0.05, 0) is 42.0 Å². The Morgan fingerprint density at radius 3 is 2.72 bits per heavy atom. The van der Waals surface area contributed by atoms with Gasteiger partial charge in [0.2, 0.25) is 0 Å². The summed E-state index contributed by atoms with van der Waals surface area (Å²) in [4.78, 5) is 33.3. The predicted molar refractivity (Wildman–Crippen MR) is 117 cm³/mol. The number of halogens is 1. The van der Waals surface area contributed by atoms with E-state index in [4.69, 9.17) is 4.74 Å². The van der Waals surface area contributed by atoms with Crippen molar-refractivity contribution >= 4 is 17.7 Å². The van der Waals surface area contributed by atoms with Crippen LogP contribution in [0.3, 0.4) is 0 Å². The molecule has 2 amide bonds. The van der Waals surface area contributed by atoms with E-state index in [2.05, 4.69) is 4.98 Å². The maximum absolute atomic E-state index is 13.5. The highest BCUT2D eigenvalue weighted by atomic mass is 19.1. The Labute approximate surface area is 185 Å². The Morgan fingerprint density at radius 1 is 1.06 bits per heavy atom. The van der Waals surface area contributed by atoms with Crippen molar-refractivity contribution in [3.05, 3.63) is 95.6 Å². The molecule has 2 saturated heterocycles. The van der Waals surface area contributed by atoms with E-state index < -0.39 is 5.60 Å². The van der Waals surface area contributed by atoms with Gasteiger partial charge in [-0.15, -0.1) is 0 Å². The second-order valence-corrected chi connectivity index (χ2v) is 8.29. The Bertz CT molecular complexity index is 1170. The van der Waals surface area contributed by atoms with Gasteiger partial charge in [-0.3, -0.25) is 14.7 Å². The summed E-state index contributed by atoms with van der Waals surface area (Å²) in [7, 11) is 0. The van der Waals surface area contributed by atoms with Crippen LogP contribution in [0.4, 0.5) is 14.9 Å². The zero-order chi connectivity index (χ0) is 22.1. The molecule has 0 saturated carbocycles. The lowest BCUT2D eigenvalue weighted by Crippen LogP contribution is -2.39.